The van der Waals surface area contributed by atoms with Crippen LogP contribution in [0.1, 0.15) is 44.6 Å². The fourth-order valence-corrected chi connectivity index (χ4v) is 3.72. The molecule has 0 bridgehead atoms. The molecule has 2 unspecified atom stereocenters. The summed E-state index contributed by atoms with van der Waals surface area (Å²) in [5, 5.41) is 6.48. The minimum atomic E-state index is 0.240. The van der Waals surface area contributed by atoms with Gasteiger partial charge in [-0.25, -0.2) is 0 Å². The summed E-state index contributed by atoms with van der Waals surface area (Å²) >= 11 is 0. The van der Waals surface area contributed by atoms with Gasteiger partial charge in [0.2, 0.25) is 5.91 Å². The summed E-state index contributed by atoms with van der Waals surface area (Å²) in [5.41, 5.74) is 2.20. The smallest absolute Gasteiger partial charge is 0.228 e. The molecule has 0 aromatic heterocycles. The highest BCUT2D eigenvalue weighted by Gasteiger charge is 2.54. The Morgan fingerprint density at radius 3 is 2.43 bits per heavy atom. The van der Waals surface area contributed by atoms with Crippen LogP contribution < -0.4 is 10.6 Å². The molecule has 114 valence electrons. The molecule has 1 aromatic rings. The molecule has 2 aliphatic carbocycles. The van der Waals surface area contributed by atoms with E-state index >= 15 is 0 Å². The van der Waals surface area contributed by atoms with Gasteiger partial charge >= 0.3 is 0 Å². The first-order valence-corrected chi connectivity index (χ1v) is 8.40. The van der Waals surface area contributed by atoms with E-state index in [1.165, 1.54) is 31.2 Å². The summed E-state index contributed by atoms with van der Waals surface area (Å²) in [5.74, 6) is 1.88. The van der Waals surface area contributed by atoms with Crippen LogP contribution in [-0.2, 0) is 11.3 Å². The Balaban J connectivity index is 1.50. The predicted molar refractivity (Wildman–Crippen MR) is 86.0 cm³/mol. The molecule has 2 saturated carbocycles. The van der Waals surface area contributed by atoms with Crippen LogP contribution in [0.25, 0.3) is 0 Å². The maximum atomic E-state index is 12.3. The fourth-order valence-electron chi connectivity index (χ4n) is 3.72. The average molecular weight is 286 g/mol. The molecular formula is C18H26N2O. The van der Waals surface area contributed by atoms with Gasteiger partial charge in [0, 0.05) is 18.2 Å². The Morgan fingerprint density at radius 1 is 1.14 bits per heavy atom. The molecule has 0 radical (unpaired) electrons. The number of hydrogen-bond acceptors (Lipinski definition) is 2. The lowest BCUT2D eigenvalue weighted by atomic mass is 10.0. The van der Waals surface area contributed by atoms with Crippen molar-refractivity contribution in [3.63, 3.8) is 0 Å². The van der Waals surface area contributed by atoms with E-state index < -0.39 is 0 Å². The molecule has 3 rings (SSSR count). The predicted octanol–water partition coefficient (Wildman–Crippen LogP) is 3.56. The SMILES string of the molecule is CCCNCc1ccc(NC(=O)C2C3CCCCC32)cc1. The monoisotopic (exact) mass is 286 g/mol. The van der Waals surface area contributed by atoms with Crippen molar-refractivity contribution in [1.82, 2.24) is 5.32 Å². The van der Waals surface area contributed by atoms with E-state index in [1.54, 1.807) is 0 Å². The molecule has 2 aliphatic rings. The number of nitrogens with one attached hydrogen (secondary N) is 2. The Kier molecular flexibility index (Phi) is 4.59. The number of fused-ring (bicyclic) bond motifs is 1. The van der Waals surface area contributed by atoms with Crippen LogP contribution in [0.4, 0.5) is 5.69 Å². The fraction of sp³-hybridized carbons (Fsp3) is 0.611. The number of anilines is 1. The highest BCUT2D eigenvalue weighted by Crippen LogP contribution is 2.55. The second-order valence-corrected chi connectivity index (χ2v) is 6.50. The van der Waals surface area contributed by atoms with E-state index in [0.717, 1.165) is 25.2 Å². The van der Waals surface area contributed by atoms with Gasteiger partial charge in [-0.05, 0) is 55.3 Å². The van der Waals surface area contributed by atoms with Crippen molar-refractivity contribution < 1.29 is 4.79 Å². The molecule has 2 fully saturated rings. The summed E-state index contributed by atoms with van der Waals surface area (Å²) in [4.78, 5) is 12.3. The number of hydrogen-bond donors (Lipinski definition) is 2. The lowest BCUT2D eigenvalue weighted by Crippen LogP contribution is -2.16. The van der Waals surface area contributed by atoms with Gasteiger partial charge in [0.1, 0.15) is 0 Å². The standard InChI is InChI=1S/C18H26N2O/c1-2-11-19-12-13-7-9-14(10-8-13)20-18(21)17-15-5-3-4-6-16(15)17/h7-10,15-17,19H,2-6,11-12H2,1H3,(H,20,21). The van der Waals surface area contributed by atoms with Crippen molar-refractivity contribution >= 4 is 11.6 Å². The van der Waals surface area contributed by atoms with E-state index in [2.05, 4.69) is 29.7 Å². The second-order valence-electron chi connectivity index (χ2n) is 6.50. The molecule has 1 aromatic carbocycles. The second kappa shape index (κ2) is 6.61. The summed E-state index contributed by atoms with van der Waals surface area (Å²) in [6, 6.07) is 8.23. The van der Waals surface area contributed by atoms with Crippen LogP contribution >= 0.6 is 0 Å². The third kappa shape index (κ3) is 3.46. The quantitative estimate of drug-likeness (QED) is 0.785. The Bertz CT molecular complexity index is 470. The Morgan fingerprint density at radius 2 is 1.81 bits per heavy atom. The van der Waals surface area contributed by atoms with Crippen molar-refractivity contribution in [2.24, 2.45) is 17.8 Å². The van der Waals surface area contributed by atoms with E-state index in [4.69, 9.17) is 0 Å². The van der Waals surface area contributed by atoms with E-state index in [-0.39, 0.29) is 5.91 Å². The van der Waals surface area contributed by atoms with E-state index in [0.29, 0.717) is 17.8 Å². The van der Waals surface area contributed by atoms with Crippen molar-refractivity contribution in [3.05, 3.63) is 29.8 Å². The molecule has 3 nitrogen and oxygen atoms in total. The lowest BCUT2D eigenvalue weighted by molar-refractivity contribution is -0.117. The van der Waals surface area contributed by atoms with Gasteiger partial charge < -0.3 is 10.6 Å². The van der Waals surface area contributed by atoms with Crippen LogP contribution in [0.2, 0.25) is 0 Å². The van der Waals surface area contributed by atoms with Gasteiger partial charge in [-0.15, -0.1) is 0 Å². The molecule has 0 saturated heterocycles. The number of benzene rings is 1. The molecular weight excluding hydrogens is 260 g/mol. The Hall–Kier alpha value is -1.35. The molecule has 2 N–H and O–H groups in total. The lowest BCUT2D eigenvalue weighted by Gasteiger charge is -2.07. The first-order valence-electron chi connectivity index (χ1n) is 8.40. The molecule has 2 atom stereocenters. The first kappa shape index (κ1) is 14.6. The van der Waals surface area contributed by atoms with Crippen molar-refractivity contribution in [2.75, 3.05) is 11.9 Å². The third-order valence-electron chi connectivity index (χ3n) is 4.94. The Labute approximate surface area is 127 Å². The zero-order valence-corrected chi connectivity index (χ0v) is 12.9. The largest absolute Gasteiger partial charge is 0.326 e. The maximum Gasteiger partial charge on any atom is 0.228 e. The molecule has 0 spiro atoms. The molecule has 3 heteroatoms. The molecule has 0 heterocycles. The minimum absolute atomic E-state index is 0.240. The number of rotatable bonds is 6. The summed E-state index contributed by atoms with van der Waals surface area (Å²) in [6.45, 7) is 4.11. The van der Waals surface area contributed by atoms with Gasteiger partial charge in [-0.1, -0.05) is 31.9 Å². The van der Waals surface area contributed by atoms with Gasteiger partial charge in [0.25, 0.3) is 0 Å². The first-order chi connectivity index (χ1) is 10.3. The van der Waals surface area contributed by atoms with Gasteiger partial charge in [0.15, 0.2) is 0 Å². The molecule has 21 heavy (non-hydrogen) atoms. The third-order valence-corrected chi connectivity index (χ3v) is 4.94. The maximum absolute atomic E-state index is 12.3. The number of carbonyl (C=O) groups excluding carboxylic acids is 1. The van der Waals surface area contributed by atoms with E-state index in [1.807, 2.05) is 12.1 Å². The van der Waals surface area contributed by atoms with Crippen molar-refractivity contribution in [3.8, 4) is 0 Å². The highest BCUT2D eigenvalue weighted by atomic mass is 16.2. The van der Waals surface area contributed by atoms with Crippen LogP contribution in [0.3, 0.4) is 0 Å². The average Bonchev–Trinajstić information content (AvgIpc) is 3.24. The highest BCUT2D eigenvalue weighted by molar-refractivity contribution is 5.94. The summed E-state index contributed by atoms with van der Waals surface area (Å²) < 4.78 is 0. The van der Waals surface area contributed by atoms with Gasteiger partial charge in [-0.2, -0.15) is 0 Å². The molecule has 1 amide bonds. The van der Waals surface area contributed by atoms with E-state index in [9.17, 15) is 4.79 Å². The zero-order chi connectivity index (χ0) is 14.7. The minimum Gasteiger partial charge on any atom is -0.326 e. The number of amides is 1. The zero-order valence-electron chi connectivity index (χ0n) is 12.9. The van der Waals surface area contributed by atoms with Crippen LogP contribution in [0, 0.1) is 17.8 Å². The number of carbonyl (C=O) groups is 1. The van der Waals surface area contributed by atoms with Crippen molar-refractivity contribution in [1.29, 1.82) is 0 Å². The van der Waals surface area contributed by atoms with Crippen molar-refractivity contribution in [2.45, 2.75) is 45.6 Å². The van der Waals surface area contributed by atoms with Gasteiger partial charge in [0.05, 0.1) is 0 Å². The van der Waals surface area contributed by atoms with Crippen LogP contribution in [0.5, 0.6) is 0 Å². The van der Waals surface area contributed by atoms with Gasteiger partial charge in [-0.3, -0.25) is 4.79 Å². The van der Waals surface area contributed by atoms with Crippen LogP contribution in [-0.4, -0.2) is 12.5 Å². The summed E-state index contributed by atoms with van der Waals surface area (Å²) in [7, 11) is 0. The van der Waals surface area contributed by atoms with Crippen LogP contribution in [0.15, 0.2) is 24.3 Å². The molecule has 0 aliphatic heterocycles. The normalized spacial score (nSPS) is 27.0. The summed E-state index contributed by atoms with van der Waals surface area (Å²) in [6.07, 6.45) is 6.28. The topological polar surface area (TPSA) is 41.1 Å².